The maximum Gasteiger partial charge on any atom is 0.296 e. The molecule has 0 N–H and O–H groups in total. The molecule has 3 nitrogen and oxygen atoms in total. The largest absolute Gasteiger partial charge is 0.296 e. The highest BCUT2D eigenvalue weighted by Gasteiger charge is 2.24. The minimum atomic E-state index is -3.57. The van der Waals surface area contributed by atoms with Crippen LogP contribution in [0.3, 0.4) is 0 Å². The van der Waals surface area contributed by atoms with Crippen molar-refractivity contribution in [2.45, 2.75) is 82.4 Å². The van der Waals surface area contributed by atoms with Crippen molar-refractivity contribution in [2.75, 3.05) is 6.61 Å². The molecule has 244 valence electrons. The lowest BCUT2D eigenvalue weighted by Crippen LogP contribution is -2.07. The molecule has 5 aromatic carbocycles. The minimum absolute atomic E-state index is 0.238. The second-order valence-corrected chi connectivity index (χ2v) is 14.0. The van der Waals surface area contributed by atoms with E-state index in [9.17, 15) is 8.42 Å². The smallest absolute Gasteiger partial charge is 0.266 e. The first-order valence-corrected chi connectivity index (χ1v) is 18.8. The Morgan fingerprint density at radius 3 is 1.66 bits per heavy atom. The van der Waals surface area contributed by atoms with Crippen LogP contribution in [0.1, 0.15) is 82.3 Å². The van der Waals surface area contributed by atoms with E-state index in [0.717, 1.165) is 19.3 Å². The molecule has 0 saturated heterocycles. The molecule has 5 aromatic rings. The number of unbranched alkanes of at least 4 members (excludes halogenated alkanes) is 9. The summed E-state index contributed by atoms with van der Waals surface area (Å²) in [6.07, 6.45) is 13.3. The molecule has 1 aliphatic rings. The third-order valence-electron chi connectivity index (χ3n) is 8.90. The first kappa shape index (κ1) is 34.3. The van der Waals surface area contributed by atoms with Crippen LogP contribution in [-0.4, -0.2) is 15.0 Å². The number of hydrogen-bond acceptors (Lipinski definition) is 3. The first-order valence-electron chi connectivity index (χ1n) is 17.4. The van der Waals surface area contributed by atoms with Crippen molar-refractivity contribution in [3.63, 3.8) is 0 Å². The van der Waals surface area contributed by atoms with E-state index in [1.165, 1.54) is 95.9 Å². The molecule has 0 amide bonds. The van der Waals surface area contributed by atoms with Gasteiger partial charge in [-0.2, -0.15) is 8.42 Å². The van der Waals surface area contributed by atoms with Gasteiger partial charge in [-0.15, -0.1) is 0 Å². The van der Waals surface area contributed by atoms with Crippen LogP contribution in [0, 0.1) is 0 Å². The molecule has 0 radical (unpaired) electrons. The number of benzene rings is 5. The Hall–Kier alpha value is -3.99. The predicted molar refractivity (Wildman–Crippen MR) is 197 cm³/mol. The van der Waals surface area contributed by atoms with Crippen molar-refractivity contribution in [3.05, 3.63) is 139 Å². The van der Waals surface area contributed by atoms with E-state index in [1.54, 1.807) is 30.3 Å². The van der Waals surface area contributed by atoms with Crippen LogP contribution in [0.15, 0.2) is 132 Å². The van der Waals surface area contributed by atoms with Crippen molar-refractivity contribution in [1.82, 2.24) is 0 Å². The van der Waals surface area contributed by atoms with Crippen LogP contribution in [0.5, 0.6) is 0 Å². The van der Waals surface area contributed by atoms with E-state index in [1.807, 2.05) is 0 Å². The van der Waals surface area contributed by atoms with Gasteiger partial charge in [-0.3, -0.25) is 4.18 Å². The summed E-state index contributed by atoms with van der Waals surface area (Å²) in [5.41, 5.74) is 10.9. The van der Waals surface area contributed by atoms with Crippen LogP contribution in [0.4, 0.5) is 0 Å². The third kappa shape index (κ3) is 9.53. The summed E-state index contributed by atoms with van der Waals surface area (Å²) >= 11 is 0. The molecular formula is C43H48O3S. The van der Waals surface area contributed by atoms with E-state index in [-0.39, 0.29) is 11.5 Å². The Morgan fingerprint density at radius 1 is 0.511 bits per heavy atom. The molecule has 0 saturated carbocycles. The quantitative estimate of drug-likeness (QED) is 0.0825. The lowest BCUT2D eigenvalue weighted by atomic mass is 9.88. The Morgan fingerprint density at radius 2 is 1.02 bits per heavy atom. The summed E-state index contributed by atoms with van der Waals surface area (Å²) in [5.74, 6) is 0. The number of hydrogen-bond donors (Lipinski definition) is 0. The first-order chi connectivity index (χ1) is 23.1. The molecule has 1 aliphatic carbocycles. The Kier molecular flexibility index (Phi) is 13.0. The van der Waals surface area contributed by atoms with Crippen LogP contribution in [0.25, 0.3) is 33.4 Å². The van der Waals surface area contributed by atoms with Gasteiger partial charge in [-0.05, 0) is 69.5 Å². The Bertz CT molecular complexity index is 1760. The topological polar surface area (TPSA) is 43.4 Å². The highest BCUT2D eigenvalue weighted by atomic mass is 32.2. The molecule has 0 aliphatic heterocycles. The second kappa shape index (κ2) is 17.8. The van der Waals surface area contributed by atoms with Crippen molar-refractivity contribution in [3.8, 4) is 33.4 Å². The lowest BCUT2D eigenvalue weighted by molar-refractivity contribution is 0.306. The van der Waals surface area contributed by atoms with Gasteiger partial charge in [0.2, 0.25) is 0 Å². The van der Waals surface area contributed by atoms with E-state index in [2.05, 4.69) is 104 Å². The molecular weight excluding hydrogens is 597 g/mol. The fraction of sp³-hybridized carbons (Fsp3) is 0.302. The van der Waals surface area contributed by atoms with Gasteiger partial charge in [-0.25, -0.2) is 0 Å². The summed E-state index contributed by atoms with van der Waals surface area (Å²) in [6.45, 7) is 2.52. The molecule has 0 fully saturated rings. The standard InChI is InChI=1S/C25H18.C18H30O3S/c1-3-9-18(10-4-1)22-15-16-23-21-14-8-7-13-20(21)17-24(23)25(22)19-11-5-2-6-12-19;1-2-3-4-5-6-7-8-9-10-14-17-21-22(19,20)18-15-12-11-13-16-18/h1-16H,17H2;11-13,15-16H,2-10,14,17H2,1H3. The van der Waals surface area contributed by atoms with Gasteiger partial charge in [0.1, 0.15) is 0 Å². The average molecular weight is 645 g/mol. The summed E-state index contributed by atoms with van der Waals surface area (Å²) in [4.78, 5) is 0.238. The van der Waals surface area contributed by atoms with Crippen LogP contribution < -0.4 is 0 Å². The van der Waals surface area contributed by atoms with Gasteiger partial charge in [0, 0.05) is 0 Å². The lowest BCUT2D eigenvalue weighted by Gasteiger charge is -2.16. The van der Waals surface area contributed by atoms with Gasteiger partial charge in [0.25, 0.3) is 10.1 Å². The van der Waals surface area contributed by atoms with Gasteiger partial charge < -0.3 is 0 Å². The summed E-state index contributed by atoms with van der Waals surface area (Å²) in [6, 6.07) is 43.2. The molecule has 0 bridgehead atoms. The van der Waals surface area contributed by atoms with Gasteiger partial charge in [0.05, 0.1) is 11.5 Å². The Labute approximate surface area is 282 Å². The molecule has 4 heteroatoms. The summed E-state index contributed by atoms with van der Waals surface area (Å²) in [7, 11) is -3.57. The van der Waals surface area contributed by atoms with E-state index >= 15 is 0 Å². The molecule has 6 rings (SSSR count). The molecule has 0 spiro atoms. The van der Waals surface area contributed by atoms with Gasteiger partial charge >= 0.3 is 0 Å². The van der Waals surface area contributed by atoms with Crippen LogP contribution in [0.2, 0.25) is 0 Å². The maximum absolute atomic E-state index is 11.9. The minimum Gasteiger partial charge on any atom is -0.266 e. The normalized spacial score (nSPS) is 11.8. The Balaban J connectivity index is 0.000000187. The monoisotopic (exact) mass is 644 g/mol. The van der Waals surface area contributed by atoms with E-state index in [4.69, 9.17) is 4.18 Å². The maximum atomic E-state index is 11.9. The molecule has 0 heterocycles. The predicted octanol–water partition coefficient (Wildman–Crippen LogP) is 11.9. The van der Waals surface area contributed by atoms with Crippen molar-refractivity contribution >= 4 is 10.1 Å². The molecule has 0 unspecified atom stereocenters. The van der Waals surface area contributed by atoms with Gasteiger partial charge in [-0.1, -0.05) is 180 Å². The van der Waals surface area contributed by atoms with Crippen molar-refractivity contribution in [1.29, 1.82) is 0 Å². The van der Waals surface area contributed by atoms with Gasteiger partial charge in [0.15, 0.2) is 0 Å². The van der Waals surface area contributed by atoms with E-state index in [0.29, 0.717) is 0 Å². The van der Waals surface area contributed by atoms with Crippen LogP contribution >= 0.6 is 0 Å². The zero-order valence-electron chi connectivity index (χ0n) is 27.7. The fourth-order valence-electron chi connectivity index (χ4n) is 6.42. The fourth-order valence-corrected chi connectivity index (χ4v) is 7.38. The molecule has 0 atom stereocenters. The number of fused-ring (bicyclic) bond motifs is 3. The highest BCUT2D eigenvalue weighted by Crippen LogP contribution is 2.45. The zero-order valence-corrected chi connectivity index (χ0v) is 28.6. The van der Waals surface area contributed by atoms with Crippen molar-refractivity contribution in [2.24, 2.45) is 0 Å². The van der Waals surface area contributed by atoms with E-state index < -0.39 is 10.1 Å². The molecule has 47 heavy (non-hydrogen) atoms. The number of rotatable bonds is 15. The van der Waals surface area contributed by atoms with Crippen molar-refractivity contribution < 1.29 is 12.6 Å². The summed E-state index contributed by atoms with van der Waals surface area (Å²) in [5, 5.41) is 0. The molecule has 0 aromatic heterocycles. The highest BCUT2D eigenvalue weighted by molar-refractivity contribution is 7.86. The van der Waals surface area contributed by atoms with Crippen LogP contribution in [-0.2, 0) is 20.7 Å². The summed E-state index contributed by atoms with van der Waals surface area (Å²) < 4.78 is 28.8. The SMILES string of the molecule is CCCCCCCCCCCCOS(=O)(=O)c1ccccc1.c1ccc(-c2ccc3c(c2-c2ccccc2)Cc2ccccc2-3)cc1. The second-order valence-electron chi connectivity index (χ2n) is 12.4. The zero-order chi connectivity index (χ0) is 32.7. The third-order valence-corrected chi connectivity index (χ3v) is 10.2. The average Bonchev–Trinajstić information content (AvgIpc) is 3.50.